The molecule has 10 heteroatoms. The molecule has 3 aromatic carbocycles. The second kappa shape index (κ2) is 11.3. The van der Waals surface area contributed by atoms with E-state index in [9.17, 15) is 18.4 Å². The molecule has 4 aromatic rings. The van der Waals surface area contributed by atoms with Crippen LogP contribution in [0.1, 0.15) is 34.8 Å². The average Bonchev–Trinajstić information content (AvgIpc) is 3.27. The number of carboxylic acids is 1. The van der Waals surface area contributed by atoms with Crippen LogP contribution < -0.4 is 5.32 Å². The molecule has 0 saturated heterocycles. The van der Waals surface area contributed by atoms with Gasteiger partial charge in [0.2, 0.25) is 0 Å². The molecule has 1 aromatic heterocycles. The van der Waals surface area contributed by atoms with E-state index >= 15 is 0 Å². The van der Waals surface area contributed by atoms with E-state index in [2.05, 4.69) is 5.32 Å². The summed E-state index contributed by atoms with van der Waals surface area (Å²) in [6.07, 6.45) is -0.166. The van der Waals surface area contributed by atoms with Crippen molar-refractivity contribution in [3.05, 3.63) is 99.5 Å². The van der Waals surface area contributed by atoms with Gasteiger partial charge in [0.1, 0.15) is 0 Å². The van der Waals surface area contributed by atoms with Crippen molar-refractivity contribution in [3.8, 4) is 22.5 Å². The summed E-state index contributed by atoms with van der Waals surface area (Å²) in [5, 5.41) is 16.9. The molecule has 0 fully saturated rings. The van der Waals surface area contributed by atoms with E-state index in [0.29, 0.717) is 44.7 Å². The van der Waals surface area contributed by atoms with E-state index in [1.165, 1.54) is 12.1 Å². The molecule has 4 rings (SSSR count). The zero-order chi connectivity index (χ0) is 27.4. The molecule has 0 aliphatic rings. The number of nitrogens with one attached hydrogen (secondary N) is 1. The smallest absolute Gasteiger partial charge is 0.305 e. The van der Waals surface area contributed by atoms with Gasteiger partial charge in [-0.3, -0.25) is 14.3 Å². The number of nitrogens with zero attached hydrogens (tertiary/aromatic N) is 2. The van der Waals surface area contributed by atoms with E-state index in [1.807, 2.05) is 0 Å². The molecule has 0 aliphatic heterocycles. The van der Waals surface area contributed by atoms with Gasteiger partial charge in [-0.05, 0) is 48.0 Å². The Balaban J connectivity index is 1.66. The van der Waals surface area contributed by atoms with Gasteiger partial charge in [-0.25, -0.2) is 8.78 Å². The summed E-state index contributed by atoms with van der Waals surface area (Å²) in [6, 6.07) is 19.8. The van der Waals surface area contributed by atoms with Crippen LogP contribution >= 0.6 is 23.2 Å². The predicted octanol–water partition coefficient (Wildman–Crippen LogP) is 6.89. The lowest BCUT2D eigenvalue weighted by Gasteiger charge is -2.11. The van der Waals surface area contributed by atoms with Gasteiger partial charge >= 0.3 is 5.97 Å². The molecule has 0 unspecified atom stereocenters. The number of aromatic nitrogens is 2. The van der Waals surface area contributed by atoms with E-state index in [1.54, 1.807) is 65.3 Å². The molecule has 0 spiro atoms. The minimum atomic E-state index is -3.00. The molecule has 0 aliphatic carbocycles. The van der Waals surface area contributed by atoms with Crippen molar-refractivity contribution in [3.63, 3.8) is 0 Å². The lowest BCUT2D eigenvalue weighted by Crippen LogP contribution is -2.25. The molecule has 38 heavy (non-hydrogen) atoms. The quantitative estimate of drug-likeness (QED) is 0.234. The first kappa shape index (κ1) is 27.3. The molecular formula is C28H23Cl2F2N3O3. The molecule has 6 nitrogen and oxygen atoms in total. The Kier molecular flexibility index (Phi) is 8.14. The molecule has 0 radical (unpaired) electrons. The molecule has 0 atom stereocenters. The van der Waals surface area contributed by atoms with Crippen LogP contribution in [0.25, 0.3) is 22.5 Å². The Hall–Kier alpha value is -3.75. The van der Waals surface area contributed by atoms with Crippen LogP contribution in [-0.4, -0.2) is 33.3 Å². The van der Waals surface area contributed by atoms with Gasteiger partial charge in [0, 0.05) is 45.8 Å². The molecule has 0 bridgehead atoms. The zero-order valence-electron chi connectivity index (χ0n) is 20.2. The third-order valence-electron chi connectivity index (χ3n) is 5.78. The minimum Gasteiger partial charge on any atom is -0.481 e. The van der Waals surface area contributed by atoms with Crippen molar-refractivity contribution in [1.29, 1.82) is 0 Å². The molecule has 2 N–H and O–H groups in total. The Morgan fingerprint density at radius 2 is 1.66 bits per heavy atom. The number of carbonyl (C=O) groups is 2. The zero-order valence-corrected chi connectivity index (χ0v) is 21.7. The van der Waals surface area contributed by atoms with Crippen LogP contribution in [0.15, 0.2) is 72.8 Å². The third kappa shape index (κ3) is 6.76. The van der Waals surface area contributed by atoms with Crippen LogP contribution in [0.3, 0.4) is 0 Å². The summed E-state index contributed by atoms with van der Waals surface area (Å²) in [4.78, 5) is 22.9. The normalized spacial score (nSPS) is 11.4. The largest absolute Gasteiger partial charge is 0.481 e. The van der Waals surface area contributed by atoms with Gasteiger partial charge in [0.25, 0.3) is 11.8 Å². The van der Waals surface area contributed by atoms with Gasteiger partial charge in [-0.15, -0.1) is 0 Å². The van der Waals surface area contributed by atoms with Crippen LogP contribution in [0.5, 0.6) is 0 Å². The highest BCUT2D eigenvalue weighted by atomic mass is 35.5. The topological polar surface area (TPSA) is 84.2 Å². The molecular weight excluding hydrogens is 535 g/mol. The summed E-state index contributed by atoms with van der Waals surface area (Å²) in [5.41, 5.74) is 3.50. The molecule has 0 saturated carbocycles. The number of carbonyl (C=O) groups excluding carboxylic acids is 1. The molecule has 1 heterocycles. The fraction of sp³-hybridized carbons (Fsp3) is 0.179. The van der Waals surface area contributed by atoms with Gasteiger partial charge in [0.15, 0.2) is 0 Å². The maximum Gasteiger partial charge on any atom is 0.305 e. The maximum atomic E-state index is 14.0. The monoisotopic (exact) mass is 557 g/mol. The van der Waals surface area contributed by atoms with Crippen LogP contribution in [0, 0.1) is 0 Å². The highest BCUT2D eigenvalue weighted by Crippen LogP contribution is 2.33. The second-order valence-corrected chi connectivity index (χ2v) is 9.67. The number of carboxylic acid groups (broad SMARTS) is 1. The first-order valence-corrected chi connectivity index (χ1v) is 12.4. The predicted molar refractivity (Wildman–Crippen MR) is 143 cm³/mol. The second-order valence-electron chi connectivity index (χ2n) is 8.80. The first-order valence-electron chi connectivity index (χ1n) is 11.6. The third-order valence-corrected chi connectivity index (χ3v) is 6.21. The van der Waals surface area contributed by atoms with Crippen molar-refractivity contribution in [2.75, 3.05) is 6.54 Å². The summed E-state index contributed by atoms with van der Waals surface area (Å²) < 4.78 is 29.6. The van der Waals surface area contributed by atoms with Crippen LogP contribution in [0.4, 0.5) is 8.78 Å². The fourth-order valence-electron chi connectivity index (χ4n) is 3.88. The SMILES string of the molecule is CC(F)(F)c1cccc(-c2cc(-c3cc(Cl)cc(Cl)c3)n(Cc3ccc(C(=O)NCCC(=O)O)cc3)n2)c1. The fourth-order valence-corrected chi connectivity index (χ4v) is 4.41. The van der Waals surface area contributed by atoms with Gasteiger partial charge in [-0.1, -0.05) is 53.5 Å². The Bertz CT molecular complexity index is 1460. The van der Waals surface area contributed by atoms with Gasteiger partial charge in [-0.2, -0.15) is 5.10 Å². The Labute approximate surface area is 227 Å². The van der Waals surface area contributed by atoms with Crippen molar-refractivity contribution < 1.29 is 23.5 Å². The highest BCUT2D eigenvalue weighted by molar-refractivity contribution is 6.35. The van der Waals surface area contributed by atoms with Crippen molar-refractivity contribution in [1.82, 2.24) is 15.1 Å². The summed E-state index contributed by atoms with van der Waals surface area (Å²) in [6.45, 7) is 1.19. The summed E-state index contributed by atoms with van der Waals surface area (Å²) in [5.74, 6) is -4.36. The van der Waals surface area contributed by atoms with E-state index in [4.69, 9.17) is 33.4 Å². The number of halogens is 4. The first-order chi connectivity index (χ1) is 18.0. The lowest BCUT2D eigenvalue weighted by atomic mass is 10.0. The number of alkyl halides is 2. The number of rotatable bonds is 9. The van der Waals surface area contributed by atoms with E-state index < -0.39 is 11.9 Å². The number of aliphatic carboxylic acids is 1. The van der Waals surface area contributed by atoms with Crippen molar-refractivity contribution in [2.45, 2.75) is 25.8 Å². The Morgan fingerprint density at radius 3 is 2.29 bits per heavy atom. The van der Waals surface area contributed by atoms with Crippen molar-refractivity contribution in [2.24, 2.45) is 0 Å². The average molecular weight is 558 g/mol. The summed E-state index contributed by atoms with van der Waals surface area (Å²) in [7, 11) is 0. The van der Waals surface area contributed by atoms with Crippen LogP contribution in [-0.2, 0) is 17.3 Å². The van der Waals surface area contributed by atoms with Crippen LogP contribution in [0.2, 0.25) is 10.0 Å². The number of amides is 1. The number of benzene rings is 3. The lowest BCUT2D eigenvalue weighted by molar-refractivity contribution is -0.136. The standard InChI is InChI=1S/C28H23Cl2F2N3O3/c1-28(31,32)21-4-2-3-19(11-21)24-15-25(20-12-22(29)14-23(30)13-20)35(34-24)16-17-5-7-18(8-6-17)27(38)33-10-9-26(36)37/h2-8,11-15H,9-10,16H2,1H3,(H,33,38)(H,36,37). The van der Waals surface area contributed by atoms with E-state index in [-0.39, 0.29) is 24.4 Å². The number of hydrogen-bond acceptors (Lipinski definition) is 3. The molecule has 1 amide bonds. The van der Waals surface area contributed by atoms with E-state index in [0.717, 1.165) is 12.5 Å². The summed E-state index contributed by atoms with van der Waals surface area (Å²) >= 11 is 12.5. The Morgan fingerprint density at radius 1 is 0.974 bits per heavy atom. The van der Waals surface area contributed by atoms with Gasteiger partial charge < -0.3 is 10.4 Å². The highest BCUT2D eigenvalue weighted by Gasteiger charge is 2.25. The molecule has 196 valence electrons. The van der Waals surface area contributed by atoms with Gasteiger partial charge in [0.05, 0.1) is 24.4 Å². The maximum absolute atomic E-state index is 14.0. The minimum absolute atomic E-state index is 0.0305. The number of hydrogen-bond donors (Lipinski definition) is 2. The van der Waals surface area contributed by atoms with Crippen molar-refractivity contribution >= 4 is 35.1 Å².